The van der Waals surface area contributed by atoms with Gasteiger partial charge in [0.25, 0.3) is 0 Å². The summed E-state index contributed by atoms with van der Waals surface area (Å²) in [5, 5.41) is 0. The van der Waals surface area contributed by atoms with E-state index in [1.807, 2.05) is 54.6 Å². The Morgan fingerprint density at radius 3 is 2.60 bits per heavy atom. The summed E-state index contributed by atoms with van der Waals surface area (Å²) in [6, 6.07) is 17.2. The van der Waals surface area contributed by atoms with Crippen LogP contribution in [0.2, 0.25) is 0 Å². The van der Waals surface area contributed by atoms with Crippen molar-refractivity contribution in [2.45, 2.75) is 12.2 Å². The fraction of sp³-hybridized carbons (Fsp3) is 0.368. The van der Waals surface area contributed by atoms with Gasteiger partial charge in [-0.3, -0.25) is 0 Å². The van der Waals surface area contributed by atoms with E-state index in [1.54, 1.807) is 7.11 Å². The first-order chi connectivity index (χ1) is 12.1. The van der Waals surface area contributed by atoms with Gasteiger partial charge in [-0.25, -0.2) is 13.1 Å². The van der Waals surface area contributed by atoms with Crippen LogP contribution in [0.15, 0.2) is 54.6 Å². The summed E-state index contributed by atoms with van der Waals surface area (Å²) in [5.74, 6) is 1.18. The van der Waals surface area contributed by atoms with Gasteiger partial charge in [-0.1, -0.05) is 42.5 Å². The number of hydrogen-bond donors (Lipinski definition) is 1. The van der Waals surface area contributed by atoms with E-state index >= 15 is 0 Å². The molecule has 1 aliphatic heterocycles. The highest BCUT2D eigenvalue weighted by atomic mass is 32.2. The summed E-state index contributed by atoms with van der Waals surface area (Å²) in [6.45, 7) is 2.21. The zero-order valence-corrected chi connectivity index (χ0v) is 15.2. The van der Waals surface area contributed by atoms with Crippen molar-refractivity contribution in [3.05, 3.63) is 60.2 Å². The maximum Gasteiger partial charge on any atom is 0.215 e. The predicted octanol–water partition coefficient (Wildman–Crippen LogP) is 2.64. The topological polar surface area (TPSA) is 58.6 Å². The maximum absolute atomic E-state index is 12.3. The van der Waals surface area contributed by atoms with Crippen LogP contribution in [-0.4, -0.2) is 35.2 Å². The molecule has 1 atom stereocenters. The number of anilines is 1. The fourth-order valence-corrected chi connectivity index (χ4v) is 4.42. The summed E-state index contributed by atoms with van der Waals surface area (Å²) in [4.78, 5) is 2.26. The zero-order valence-electron chi connectivity index (χ0n) is 14.4. The van der Waals surface area contributed by atoms with Gasteiger partial charge in [0.1, 0.15) is 5.75 Å². The van der Waals surface area contributed by atoms with Crippen LogP contribution in [0.25, 0.3) is 0 Å². The number of ether oxygens (including phenoxy) is 1. The van der Waals surface area contributed by atoms with Crippen LogP contribution in [-0.2, 0) is 15.8 Å². The second-order valence-corrected chi connectivity index (χ2v) is 8.17. The van der Waals surface area contributed by atoms with Crippen molar-refractivity contribution in [1.82, 2.24) is 4.72 Å². The molecule has 2 aromatic rings. The molecule has 5 nitrogen and oxygen atoms in total. The van der Waals surface area contributed by atoms with Gasteiger partial charge in [0.05, 0.1) is 18.6 Å². The van der Waals surface area contributed by atoms with Gasteiger partial charge >= 0.3 is 0 Å². The third kappa shape index (κ3) is 4.74. The molecule has 1 fully saturated rings. The Labute approximate surface area is 149 Å². The highest BCUT2D eigenvalue weighted by Gasteiger charge is 2.25. The first-order valence-electron chi connectivity index (χ1n) is 8.46. The Morgan fingerprint density at radius 1 is 1.12 bits per heavy atom. The first kappa shape index (κ1) is 17.8. The van der Waals surface area contributed by atoms with Crippen LogP contribution in [0.4, 0.5) is 5.69 Å². The Morgan fingerprint density at radius 2 is 1.84 bits per heavy atom. The lowest BCUT2D eigenvalue weighted by Crippen LogP contribution is -2.32. The van der Waals surface area contributed by atoms with Crippen molar-refractivity contribution in [3.8, 4) is 5.75 Å². The lowest BCUT2D eigenvalue weighted by molar-refractivity contribution is 0.414. The van der Waals surface area contributed by atoms with Crippen LogP contribution in [0.5, 0.6) is 5.75 Å². The standard InChI is InChI=1S/C19H24N2O3S/c1-24-19-10-6-5-9-18(19)21-12-11-17(14-21)13-20-25(22,23)15-16-7-3-2-4-8-16/h2-10,17,20H,11-15H2,1H3/t17-/m1/s1. The second-order valence-electron chi connectivity index (χ2n) is 6.37. The van der Waals surface area contributed by atoms with Crippen LogP contribution in [0, 0.1) is 5.92 Å². The molecule has 3 rings (SSSR count). The SMILES string of the molecule is COc1ccccc1N1CC[C@H](CNS(=O)(=O)Cc2ccccc2)C1. The van der Waals surface area contributed by atoms with E-state index in [2.05, 4.69) is 9.62 Å². The molecule has 0 aromatic heterocycles. The minimum Gasteiger partial charge on any atom is -0.495 e. The molecular formula is C19H24N2O3S. The number of benzene rings is 2. The minimum absolute atomic E-state index is 0.0246. The van der Waals surface area contributed by atoms with E-state index in [4.69, 9.17) is 4.74 Å². The average molecular weight is 360 g/mol. The first-order valence-corrected chi connectivity index (χ1v) is 10.1. The van der Waals surface area contributed by atoms with Crippen LogP contribution in [0.1, 0.15) is 12.0 Å². The van der Waals surface area contributed by atoms with E-state index in [0.29, 0.717) is 12.5 Å². The summed E-state index contributed by atoms with van der Waals surface area (Å²) in [6.07, 6.45) is 0.964. The average Bonchev–Trinajstić information content (AvgIpc) is 3.09. The molecule has 1 N–H and O–H groups in total. The van der Waals surface area contributed by atoms with E-state index in [0.717, 1.165) is 36.5 Å². The van der Waals surface area contributed by atoms with Crippen molar-refractivity contribution in [2.75, 3.05) is 31.6 Å². The molecule has 2 aromatic carbocycles. The Kier molecular flexibility index (Phi) is 5.60. The van der Waals surface area contributed by atoms with E-state index in [9.17, 15) is 8.42 Å². The molecule has 0 amide bonds. The second kappa shape index (κ2) is 7.89. The van der Waals surface area contributed by atoms with E-state index < -0.39 is 10.0 Å². The lowest BCUT2D eigenvalue weighted by atomic mass is 10.1. The van der Waals surface area contributed by atoms with Gasteiger partial charge in [-0.05, 0) is 30.0 Å². The van der Waals surface area contributed by atoms with Gasteiger partial charge in [0.2, 0.25) is 10.0 Å². The third-order valence-electron chi connectivity index (χ3n) is 4.50. The van der Waals surface area contributed by atoms with Crippen molar-refractivity contribution < 1.29 is 13.2 Å². The highest BCUT2D eigenvalue weighted by molar-refractivity contribution is 7.88. The molecule has 0 saturated carbocycles. The number of hydrogen-bond acceptors (Lipinski definition) is 4. The molecule has 134 valence electrons. The van der Waals surface area contributed by atoms with Gasteiger partial charge in [-0.2, -0.15) is 0 Å². The van der Waals surface area contributed by atoms with Gasteiger partial charge in [-0.15, -0.1) is 0 Å². The fourth-order valence-electron chi connectivity index (χ4n) is 3.20. The molecule has 0 unspecified atom stereocenters. The maximum atomic E-state index is 12.3. The largest absolute Gasteiger partial charge is 0.495 e. The van der Waals surface area contributed by atoms with Gasteiger partial charge < -0.3 is 9.64 Å². The molecule has 0 aliphatic carbocycles. The molecule has 0 spiro atoms. The number of nitrogens with zero attached hydrogens (tertiary/aromatic N) is 1. The number of nitrogens with one attached hydrogen (secondary N) is 1. The lowest BCUT2D eigenvalue weighted by Gasteiger charge is -2.21. The summed E-state index contributed by atoms with van der Waals surface area (Å²) in [7, 11) is -1.64. The molecule has 6 heteroatoms. The number of para-hydroxylation sites is 2. The van der Waals surface area contributed by atoms with E-state index in [-0.39, 0.29) is 5.75 Å². The molecule has 25 heavy (non-hydrogen) atoms. The summed E-state index contributed by atoms with van der Waals surface area (Å²) < 4.78 is 32.7. The normalized spacial score (nSPS) is 17.6. The number of methoxy groups -OCH3 is 1. The third-order valence-corrected chi connectivity index (χ3v) is 5.82. The van der Waals surface area contributed by atoms with Crippen LogP contribution < -0.4 is 14.4 Å². The van der Waals surface area contributed by atoms with Gasteiger partial charge in [0.15, 0.2) is 0 Å². The van der Waals surface area contributed by atoms with E-state index in [1.165, 1.54) is 0 Å². The van der Waals surface area contributed by atoms with Crippen molar-refractivity contribution in [2.24, 2.45) is 5.92 Å². The molecule has 0 radical (unpaired) electrons. The Bertz CT molecular complexity index is 793. The molecule has 1 saturated heterocycles. The Hall–Kier alpha value is -2.05. The quantitative estimate of drug-likeness (QED) is 0.825. The molecule has 1 heterocycles. The van der Waals surface area contributed by atoms with Crippen molar-refractivity contribution >= 4 is 15.7 Å². The van der Waals surface area contributed by atoms with Crippen molar-refractivity contribution in [3.63, 3.8) is 0 Å². The minimum atomic E-state index is -3.31. The monoisotopic (exact) mass is 360 g/mol. The predicted molar refractivity (Wildman–Crippen MR) is 100 cm³/mol. The molecule has 1 aliphatic rings. The summed E-state index contributed by atoms with van der Waals surface area (Å²) in [5.41, 5.74) is 1.87. The highest BCUT2D eigenvalue weighted by Crippen LogP contribution is 2.31. The summed E-state index contributed by atoms with van der Waals surface area (Å²) >= 11 is 0. The zero-order chi connectivity index (χ0) is 17.7. The Balaban J connectivity index is 1.55. The van der Waals surface area contributed by atoms with Crippen LogP contribution >= 0.6 is 0 Å². The molecular weight excluding hydrogens is 336 g/mol. The number of sulfonamides is 1. The molecule has 0 bridgehead atoms. The van der Waals surface area contributed by atoms with Crippen molar-refractivity contribution in [1.29, 1.82) is 0 Å². The smallest absolute Gasteiger partial charge is 0.215 e. The van der Waals surface area contributed by atoms with Crippen LogP contribution in [0.3, 0.4) is 0 Å². The number of rotatable bonds is 7. The van der Waals surface area contributed by atoms with Gasteiger partial charge in [0, 0.05) is 19.6 Å².